The number of hydrogen-bond acceptors (Lipinski definition) is 4. The minimum absolute atomic E-state index is 0.107. The maximum absolute atomic E-state index is 11.1. The van der Waals surface area contributed by atoms with E-state index in [2.05, 4.69) is 15.9 Å². The largest absolute Gasteiger partial charge is 0.390 e. The van der Waals surface area contributed by atoms with Crippen LogP contribution < -0.4 is 4.90 Å². The Bertz CT molecular complexity index is 491. The van der Waals surface area contributed by atoms with Crippen molar-refractivity contribution in [2.24, 2.45) is 0 Å². The Balaban J connectivity index is 2.29. The third kappa shape index (κ3) is 3.45. The van der Waals surface area contributed by atoms with Crippen LogP contribution in [-0.4, -0.2) is 28.7 Å². The fourth-order valence-corrected chi connectivity index (χ4v) is 2.76. The van der Waals surface area contributed by atoms with E-state index in [1.807, 2.05) is 17.9 Å². The highest BCUT2D eigenvalue weighted by atomic mass is 79.9. The molecule has 1 heterocycles. The van der Waals surface area contributed by atoms with Gasteiger partial charge >= 0.3 is 0 Å². The van der Waals surface area contributed by atoms with Crippen LogP contribution in [0.3, 0.4) is 0 Å². The molecule has 0 amide bonds. The van der Waals surface area contributed by atoms with Gasteiger partial charge < -0.3 is 10.0 Å². The number of nitrogens with zero attached hydrogens (tertiary/aromatic N) is 2. The topological polar surface area (TPSA) is 66.6 Å². The molecule has 104 valence electrons. The second-order valence-electron chi connectivity index (χ2n) is 5.23. The van der Waals surface area contributed by atoms with Gasteiger partial charge in [-0.25, -0.2) is 0 Å². The van der Waals surface area contributed by atoms with Crippen LogP contribution in [0.1, 0.15) is 26.2 Å². The van der Waals surface area contributed by atoms with E-state index in [0.29, 0.717) is 23.1 Å². The van der Waals surface area contributed by atoms with Crippen LogP contribution in [0, 0.1) is 10.1 Å². The predicted molar refractivity (Wildman–Crippen MR) is 77.5 cm³/mol. The van der Waals surface area contributed by atoms with Crippen molar-refractivity contribution < 1.29 is 10.0 Å². The maximum atomic E-state index is 11.1. The lowest BCUT2D eigenvalue weighted by Crippen LogP contribution is -2.28. The molecule has 1 N–H and O–H groups in total. The highest BCUT2D eigenvalue weighted by Gasteiger charge is 2.27. The highest BCUT2D eigenvalue weighted by molar-refractivity contribution is 9.10. The van der Waals surface area contributed by atoms with E-state index < -0.39 is 5.60 Å². The summed E-state index contributed by atoms with van der Waals surface area (Å²) in [7, 11) is 0. The van der Waals surface area contributed by atoms with Crippen LogP contribution in [0.25, 0.3) is 0 Å². The Morgan fingerprint density at radius 1 is 1.42 bits per heavy atom. The zero-order valence-corrected chi connectivity index (χ0v) is 12.4. The van der Waals surface area contributed by atoms with Crippen LogP contribution in [-0.2, 0) is 0 Å². The molecule has 0 aliphatic carbocycles. The Morgan fingerprint density at radius 2 is 2.16 bits per heavy atom. The molecule has 0 bridgehead atoms. The lowest BCUT2D eigenvalue weighted by molar-refractivity contribution is -0.384. The molecular formula is C13H17BrN2O3. The van der Waals surface area contributed by atoms with Gasteiger partial charge in [-0.05, 0) is 38.3 Å². The Hall–Kier alpha value is -1.14. The van der Waals surface area contributed by atoms with Gasteiger partial charge in [0.2, 0.25) is 0 Å². The van der Waals surface area contributed by atoms with Crippen molar-refractivity contribution in [1.29, 1.82) is 0 Å². The first-order valence-corrected chi connectivity index (χ1v) is 7.10. The maximum Gasteiger partial charge on any atom is 0.293 e. The zero-order valence-electron chi connectivity index (χ0n) is 10.8. The van der Waals surface area contributed by atoms with Crippen molar-refractivity contribution in [2.75, 3.05) is 18.0 Å². The molecule has 1 aromatic rings. The number of nitro benzene ring substituents is 1. The van der Waals surface area contributed by atoms with Gasteiger partial charge in [-0.15, -0.1) is 0 Å². The summed E-state index contributed by atoms with van der Waals surface area (Å²) in [6.07, 6.45) is 2.19. The SMILES string of the molecule is CC1(O)CCCN(c2ccc(Br)cc2[N+](=O)[O-])CC1. The average molecular weight is 329 g/mol. The molecule has 2 rings (SSSR count). The normalized spacial score (nSPS) is 24.1. The molecule has 1 saturated heterocycles. The zero-order chi connectivity index (χ0) is 14.0. The first-order chi connectivity index (χ1) is 8.89. The third-order valence-corrected chi connectivity index (χ3v) is 4.03. The van der Waals surface area contributed by atoms with Gasteiger partial charge in [0, 0.05) is 23.6 Å². The van der Waals surface area contributed by atoms with Gasteiger partial charge in [0.05, 0.1) is 10.5 Å². The van der Waals surface area contributed by atoms with Crippen LogP contribution >= 0.6 is 15.9 Å². The number of rotatable bonds is 2. The number of aliphatic hydroxyl groups is 1. The molecule has 0 radical (unpaired) electrons. The van der Waals surface area contributed by atoms with E-state index in [1.165, 1.54) is 6.07 Å². The first-order valence-electron chi connectivity index (χ1n) is 6.30. The number of hydrogen-bond donors (Lipinski definition) is 1. The Labute approximate surface area is 120 Å². The number of halogens is 1. The fourth-order valence-electron chi connectivity index (χ4n) is 2.41. The lowest BCUT2D eigenvalue weighted by atomic mass is 9.98. The standard InChI is InChI=1S/C13H17BrN2O3/c1-13(17)5-2-7-15(8-6-13)11-4-3-10(14)9-12(11)16(18)19/h3-4,9,17H,2,5-8H2,1H3. The average Bonchev–Trinajstić information content (AvgIpc) is 2.50. The molecule has 1 aliphatic rings. The minimum Gasteiger partial charge on any atom is -0.390 e. The van der Waals surface area contributed by atoms with Crippen molar-refractivity contribution in [3.8, 4) is 0 Å². The van der Waals surface area contributed by atoms with Gasteiger partial charge in [0.25, 0.3) is 5.69 Å². The molecule has 19 heavy (non-hydrogen) atoms. The monoisotopic (exact) mass is 328 g/mol. The van der Waals surface area contributed by atoms with E-state index in [4.69, 9.17) is 0 Å². The second-order valence-corrected chi connectivity index (χ2v) is 6.14. The number of anilines is 1. The second kappa shape index (κ2) is 5.46. The number of benzene rings is 1. The summed E-state index contributed by atoms with van der Waals surface area (Å²) in [6.45, 7) is 3.20. The van der Waals surface area contributed by atoms with Gasteiger partial charge in [0.15, 0.2) is 0 Å². The fraction of sp³-hybridized carbons (Fsp3) is 0.538. The molecule has 5 nitrogen and oxygen atoms in total. The Kier molecular flexibility index (Phi) is 4.10. The summed E-state index contributed by atoms with van der Waals surface area (Å²) >= 11 is 3.26. The molecule has 1 aliphatic heterocycles. The summed E-state index contributed by atoms with van der Waals surface area (Å²) in [6, 6.07) is 5.10. The van der Waals surface area contributed by atoms with Crippen molar-refractivity contribution in [1.82, 2.24) is 0 Å². The van der Waals surface area contributed by atoms with Crippen molar-refractivity contribution in [3.05, 3.63) is 32.8 Å². The van der Waals surface area contributed by atoms with E-state index in [-0.39, 0.29) is 10.6 Å². The van der Waals surface area contributed by atoms with Crippen LogP contribution in [0.2, 0.25) is 0 Å². The van der Waals surface area contributed by atoms with Gasteiger partial charge in [-0.2, -0.15) is 0 Å². The molecule has 1 unspecified atom stereocenters. The van der Waals surface area contributed by atoms with Gasteiger partial charge in [0.1, 0.15) is 5.69 Å². The molecule has 1 aromatic carbocycles. The van der Waals surface area contributed by atoms with E-state index in [0.717, 1.165) is 19.4 Å². The summed E-state index contributed by atoms with van der Waals surface area (Å²) in [5.74, 6) is 0. The van der Waals surface area contributed by atoms with E-state index in [1.54, 1.807) is 6.07 Å². The third-order valence-electron chi connectivity index (χ3n) is 3.54. The first kappa shape index (κ1) is 14.3. The molecule has 0 aromatic heterocycles. The van der Waals surface area contributed by atoms with E-state index in [9.17, 15) is 15.2 Å². The predicted octanol–water partition coefficient (Wildman–Crippen LogP) is 3.10. The molecule has 6 heteroatoms. The van der Waals surface area contributed by atoms with Crippen molar-refractivity contribution >= 4 is 27.3 Å². The molecule has 1 atom stereocenters. The summed E-state index contributed by atoms with van der Waals surface area (Å²) in [5.41, 5.74) is 0.0700. The lowest BCUT2D eigenvalue weighted by Gasteiger charge is -2.24. The van der Waals surface area contributed by atoms with Gasteiger partial charge in [-0.1, -0.05) is 15.9 Å². The highest BCUT2D eigenvalue weighted by Crippen LogP contribution is 2.33. The van der Waals surface area contributed by atoms with Crippen LogP contribution in [0.5, 0.6) is 0 Å². The Morgan fingerprint density at radius 3 is 2.84 bits per heavy atom. The molecule has 1 fully saturated rings. The summed E-state index contributed by atoms with van der Waals surface area (Å²) in [4.78, 5) is 12.8. The number of nitro groups is 1. The van der Waals surface area contributed by atoms with Crippen molar-refractivity contribution in [2.45, 2.75) is 31.8 Å². The van der Waals surface area contributed by atoms with Crippen LogP contribution in [0.15, 0.2) is 22.7 Å². The smallest absolute Gasteiger partial charge is 0.293 e. The van der Waals surface area contributed by atoms with Gasteiger partial charge in [-0.3, -0.25) is 10.1 Å². The van der Waals surface area contributed by atoms with Crippen LogP contribution in [0.4, 0.5) is 11.4 Å². The minimum atomic E-state index is -0.668. The molecule has 0 spiro atoms. The quantitative estimate of drug-likeness (QED) is 0.669. The summed E-state index contributed by atoms with van der Waals surface area (Å²) < 4.78 is 0.699. The molecule has 0 saturated carbocycles. The summed E-state index contributed by atoms with van der Waals surface area (Å²) in [5, 5.41) is 21.2. The molecular weight excluding hydrogens is 312 g/mol. The van der Waals surface area contributed by atoms with E-state index >= 15 is 0 Å². The van der Waals surface area contributed by atoms with Crippen molar-refractivity contribution in [3.63, 3.8) is 0 Å².